The molecule has 4 nitrogen and oxygen atoms in total. The highest BCUT2D eigenvalue weighted by Crippen LogP contribution is 2.47. The number of thiophene rings is 2. The molecule has 0 amide bonds. The summed E-state index contributed by atoms with van der Waals surface area (Å²) in [5.74, 6) is 0.00277. The van der Waals surface area contributed by atoms with Crippen LogP contribution >= 0.6 is 22.7 Å². The molecule has 22 heavy (non-hydrogen) atoms. The van der Waals surface area contributed by atoms with Gasteiger partial charge in [-0.2, -0.15) is 0 Å². The number of hydrogen-bond acceptors (Lipinski definition) is 6. The number of hydrogen-bond donors (Lipinski definition) is 2. The van der Waals surface area contributed by atoms with E-state index in [1.807, 2.05) is 41.5 Å². The SMILES string of the molecule is CC(C)(C)C(=O)c1sc2sc(C(=O)C(C)(C)C)c(N)c2c1N. The van der Waals surface area contributed by atoms with Gasteiger partial charge in [-0.25, -0.2) is 0 Å². The van der Waals surface area contributed by atoms with Gasteiger partial charge in [-0.05, 0) is 0 Å². The molecule has 0 radical (unpaired) electrons. The highest BCUT2D eigenvalue weighted by Gasteiger charge is 2.32. The van der Waals surface area contributed by atoms with Crippen molar-refractivity contribution < 1.29 is 9.59 Å². The first-order valence-corrected chi connectivity index (χ1v) is 8.69. The maximum Gasteiger partial charge on any atom is 0.180 e. The van der Waals surface area contributed by atoms with Crippen LogP contribution in [0.2, 0.25) is 0 Å². The van der Waals surface area contributed by atoms with Crippen LogP contribution in [-0.2, 0) is 0 Å². The van der Waals surface area contributed by atoms with Gasteiger partial charge < -0.3 is 11.5 Å². The number of rotatable bonds is 2. The predicted molar refractivity (Wildman–Crippen MR) is 96.1 cm³/mol. The monoisotopic (exact) mass is 338 g/mol. The van der Waals surface area contributed by atoms with E-state index in [-0.39, 0.29) is 11.6 Å². The molecule has 0 aliphatic carbocycles. The molecule has 0 bridgehead atoms. The van der Waals surface area contributed by atoms with Crippen LogP contribution < -0.4 is 11.5 Å². The van der Waals surface area contributed by atoms with Crippen molar-refractivity contribution in [3.63, 3.8) is 0 Å². The summed E-state index contributed by atoms with van der Waals surface area (Å²) in [5.41, 5.74) is 12.1. The molecule has 0 aromatic carbocycles. The Hall–Kier alpha value is -1.40. The molecule has 0 spiro atoms. The molecule has 2 rings (SSSR count). The van der Waals surface area contributed by atoms with E-state index in [1.54, 1.807) is 0 Å². The largest absolute Gasteiger partial charge is 0.397 e. The zero-order valence-electron chi connectivity index (χ0n) is 13.8. The van der Waals surface area contributed by atoms with Crippen LogP contribution in [0.3, 0.4) is 0 Å². The first-order chi connectivity index (χ1) is 9.85. The average molecular weight is 338 g/mol. The highest BCUT2D eigenvalue weighted by atomic mass is 32.2. The van der Waals surface area contributed by atoms with Crippen molar-refractivity contribution >= 4 is 55.0 Å². The van der Waals surface area contributed by atoms with E-state index >= 15 is 0 Å². The number of nitrogen functional groups attached to an aromatic ring is 2. The van der Waals surface area contributed by atoms with Gasteiger partial charge in [-0.15, -0.1) is 22.7 Å². The van der Waals surface area contributed by atoms with E-state index in [0.717, 1.165) is 4.01 Å². The van der Waals surface area contributed by atoms with Crippen molar-refractivity contribution in [1.82, 2.24) is 0 Å². The second kappa shape index (κ2) is 5.06. The Kier molecular flexibility index (Phi) is 3.90. The summed E-state index contributed by atoms with van der Waals surface area (Å²) in [6, 6.07) is 0. The molecule has 0 unspecified atom stereocenters. The minimum Gasteiger partial charge on any atom is -0.397 e. The Balaban J connectivity index is 2.62. The highest BCUT2D eigenvalue weighted by molar-refractivity contribution is 7.40. The third-order valence-electron chi connectivity index (χ3n) is 3.40. The fourth-order valence-corrected chi connectivity index (χ4v) is 4.93. The molecule has 2 aromatic rings. The van der Waals surface area contributed by atoms with Gasteiger partial charge >= 0.3 is 0 Å². The van der Waals surface area contributed by atoms with Crippen LogP contribution in [-0.4, -0.2) is 11.6 Å². The Bertz CT molecular complexity index is 709. The molecule has 4 N–H and O–H groups in total. The van der Waals surface area contributed by atoms with Crippen molar-refractivity contribution in [2.75, 3.05) is 11.5 Å². The molecule has 2 aromatic heterocycles. The summed E-state index contributed by atoms with van der Waals surface area (Å²) >= 11 is 2.67. The lowest BCUT2D eigenvalue weighted by Crippen LogP contribution is -2.20. The molecular formula is C16H22N2O2S2. The summed E-state index contributed by atoms with van der Waals surface area (Å²) < 4.78 is 0.843. The summed E-state index contributed by atoms with van der Waals surface area (Å²) in [6.45, 7) is 11.2. The first-order valence-electron chi connectivity index (χ1n) is 7.05. The minimum absolute atomic E-state index is 0.00139. The second-order valence-electron chi connectivity index (χ2n) is 7.51. The van der Waals surface area contributed by atoms with Crippen molar-refractivity contribution in [1.29, 1.82) is 0 Å². The van der Waals surface area contributed by atoms with Crippen molar-refractivity contribution in [2.45, 2.75) is 41.5 Å². The normalized spacial score (nSPS) is 12.8. The lowest BCUT2D eigenvalue weighted by molar-refractivity contribution is 0.0858. The van der Waals surface area contributed by atoms with Gasteiger partial charge in [0.1, 0.15) is 0 Å². The molecule has 0 atom stereocenters. The Morgan fingerprint density at radius 1 is 0.773 bits per heavy atom. The fourth-order valence-electron chi connectivity index (χ4n) is 2.03. The second-order valence-corrected chi connectivity index (χ2v) is 9.81. The zero-order chi connectivity index (χ0) is 17.0. The first kappa shape index (κ1) is 17.0. The smallest absolute Gasteiger partial charge is 0.180 e. The Labute approximate surface area is 138 Å². The van der Waals surface area contributed by atoms with Gasteiger partial charge in [0, 0.05) is 10.8 Å². The van der Waals surface area contributed by atoms with Crippen molar-refractivity contribution in [2.24, 2.45) is 10.8 Å². The van der Waals surface area contributed by atoms with E-state index in [4.69, 9.17) is 11.5 Å². The fraction of sp³-hybridized carbons (Fsp3) is 0.500. The maximum atomic E-state index is 12.5. The Morgan fingerprint density at radius 3 is 1.32 bits per heavy atom. The summed E-state index contributed by atoms with van der Waals surface area (Å²) in [7, 11) is 0. The van der Waals surface area contributed by atoms with Crippen LogP contribution in [0.5, 0.6) is 0 Å². The van der Waals surface area contributed by atoms with E-state index in [0.29, 0.717) is 26.5 Å². The summed E-state index contributed by atoms with van der Waals surface area (Å²) in [4.78, 5) is 26.0. The molecule has 2 heterocycles. The topological polar surface area (TPSA) is 86.2 Å². The van der Waals surface area contributed by atoms with Crippen LogP contribution in [0.1, 0.15) is 60.9 Å². The molecule has 0 fully saturated rings. The predicted octanol–water partition coefficient (Wildman–Crippen LogP) is 4.58. The number of ketones is 2. The zero-order valence-corrected chi connectivity index (χ0v) is 15.4. The van der Waals surface area contributed by atoms with Crippen LogP contribution in [0.4, 0.5) is 11.4 Å². The Morgan fingerprint density at radius 2 is 1.09 bits per heavy atom. The van der Waals surface area contributed by atoms with Gasteiger partial charge in [0.15, 0.2) is 11.6 Å². The molecule has 0 aliphatic rings. The number of nitrogens with two attached hydrogens (primary N) is 2. The van der Waals surface area contributed by atoms with Crippen LogP contribution in [0, 0.1) is 10.8 Å². The molecule has 0 saturated heterocycles. The van der Waals surface area contributed by atoms with Crippen molar-refractivity contribution in [3.05, 3.63) is 9.75 Å². The van der Waals surface area contributed by atoms with E-state index in [1.165, 1.54) is 22.7 Å². The number of carbonyl (C=O) groups is 2. The lowest BCUT2D eigenvalue weighted by atomic mass is 9.88. The third kappa shape index (κ3) is 2.65. The number of carbonyl (C=O) groups excluding carboxylic acids is 2. The van der Waals surface area contributed by atoms with Crippen LogP contribution in [0.15, 0.2) is 0 Å². The number of Topliss-reactive ketones (excluding diaryl/α,β-unsaturated/α-hetero) is 2. The van der Waals surface area contributed by atoms with E-state index in [2.05, 4.69) is 0 Å². The van der Waals surface area contributed by atoms with Crippen LogP contribution in [0.25, 0.3) is 9.40 Å². The van der Waals surface area contributed by atoms with E-state index in [9.17, 15) is 9.59 Å². The van der Waals surface area contributed by atoms with Gasteiger partial charge in [0.05, 0.1) is 30.5 Å². The lowest BCUT2D eigenvalue weighted by Gasteiger charge is -2.16. The standard InChI is InChI=1S/C16H22N2O2S2/c1-15(2,3)12(19)10-8(17)7-9(18)11(22-14(7)21-10)13(20)16(4,5)6/h17-18H2,1-6H3. The third-order valence-corrected chi connectivity index (χ3v) is 5.89. The van der Waals surface area contributed by atoms with Gasteiger partial charge in [-0.1, -0.05) is 41.5 Å². The molecular weight excluding hydrogens is 316 g/mol. The summed E-state index contributed by atoms with van der Waals surface area (Å²) in [5, 5.41) is 0.662. The number of anilines is 2. The molecule has 120 valence electrons. The molecule has 0 aliphatic heterocycles. The van der Waals surface area contributed by atoms with Gasteiger partial charge in [0.2, 0.25) is 0 Å². The number of fused-ring (bicyclic) bond motifs is 1. The quantitative estimate of drug-likeness (QED) is 0.784. The van der Waals surface area contributed by atoms with Crippen molar-refractivity contribution in [3.8, 4) is 0 Å². The van der Waals surface area contributed by atoms with Gasteiger partial charge in [0.25, 0.3) is 0 Å². The average Bonchev–Trinajstić information content (AvgIpc) is 2.84. The minimum atomic E-state index is -0.500. The molecule has 0 saturated carbocycles. The maximum absolute atomic E-state index is 12.5. The summed E-state index contributed by atoms with van der Waals surface area (Å²) in [6.07, 6.45) is 0. The van der Waals surface area contributed by atoms with Gasteiger partial charge in [-0.3, -0.25) is 9.59 Å². The molecule has 6 heteroatoms. The van der Waals surface area contributed by atoms with E-state index < -0.39 is 10.8 Å².